The van der Waals surface area contributed by atoms with Crippen molar-refractivity contribution in [3.8, 4) is 0 Å². The van der Waals surface area contributed by atoms with Gasteiger partial charge in [-0.15, -0.1) is 0 Å². The Morgan fingerprint density at radius 3 is 2.53 bits per heavy atom. The van der Waals surface area contributed by atoms with Crippen LogP contribution >= 0.6 is 0 Å². The van der Waals surface area contributed by atoms with E-state index in [-0.39, 0.29) is 6.10 Å². The molecule has 0 spiro atoms. The molecule has 0 fully saturated rings. The van der Waals surface area contributed by atoms with Gasteiger partial charge in [0.05, 0.1) is 6.10 Å². The standard InChI is InChI=1S/C15H19NO/c1-16(2)11-14(17)10-13-8-5-7-12-6-3-4-9-15(12)13/h3-9,14,17H,10-11H2,1-2H3. The highest BCUT2D eigenvalue weighted by atomic mass is 16.3. The molecule has 17 heavy (non-hydrogen) atoms. The number of aliphatic hydroxyl groups excluding tert-OH is 1. The van der Waals surface area contributed by atoms with Gasteiger partial charge in [0.25, 0.3) is 0 Å². The number of likely N-dealkylation sites (N-methyl/N-ethyl adjacent to an activating group) is 1. The van der Waals surface area contributed by atoms with Gasteiger partial charge in [-0.3, -0.25) is 0 Å². The molecule has 0 amide bonds. The van der Waals surface area contributed by atoms with E-state index in [1.807, 2.05) is 31.1 Å². The molecule has 2 heteroatoms. The van der Waals surface area contributed by atoms with Gasteiger partial charge in [0.15, 0.2) is 0 Å². The first-order valence-electron chi connectivity index (χ1n) is 5.96. The molecule has 1 atom stereocenters. The lowest BCUT2D eigenvalue weighted by atomic mass is 10.00. The Hall–Kier alpha value is -1.38. The van der Waals surface area contributed by atoms with Crippen LogP contribution in [0.15, 0.2) is 42.5 Å². The zero-order chi connectivity index (χ0) is 12.3. The molecule has 0 aliphatic carbocycles. The van der Waals surface area contributed by atoms with Gasteiger partial charge in [-0.2, -0.15) is 0 Å². The normalized spacial score (nSPS) is 13.2. The third kappa shape index (κ3) is 3.05. The minimum absolute atomic E-state index is 0.309. The summed E-state index contributed by atoms with van der Waals surface area (Å²) in [7, 11) is 3.96. The van der Waals surface area contributed by atoms with Gasteiger partial charge in [0.1, 0.15) is 0 Å². The van der Waals surface area contributed by atoms with E-state index in [0.29, 0.717) is 13.0 Å². The third-order valence-corrected chi connectivity index (χ3v) is 2.91. The molecule has 0 aromatic heterocycles. The minimum atomic E-state index is -0.309. The molecule has 2 aromatic rings. The summed E-state index contributed by atoms with van der Waals surface area (Å²) in [6.45, 7) is 0.698. The first-order chi connectivity index (χ1) is 8.16. The fourth-order valence-electron chi connectivity index (χ4n) is 2.21. The van der Waals surface area contributed by atoms with Gasteiger partial charge in [0.2, 0.25) is 0 Å². The van der Waals surface area contributed by atoms with Gasteiger partial charge >= 0.3 is 0 Å². The predicted octanol–water partition coefficient (Wildman–Crippen LogP) is 2.30. The van der Waals surface area contributed by atoms with E-state index in [9.17, 15) is 5.11 Å². The SMILES string of the molecule is CN(C)CC(O)Cc1cccc2ccccc12. The summed E-state index contributed by atoms with van der Waals surface area (Å²) in [5.41, 5.74) is 1.22. The summed E-state index contributed by atoms with van der Waals surface area (Å²) in [4.78, 5) is 2.01. The summed E-state index contributed by atoms with van der Waals surface area (Å²) >= 11 is 0. The van der Waals surface area contributed by atoms with E-state index >= 15 is 0 Å². The van der Waals surface area contributed by atoms with E-state index in [0.717, 1.165) is 0 Å². The minimum Gasteiger partial charge on any atom is -0.391 e. The topological polar surface area (TPSA) is 23.5 Å². The van der Waals surface area contributed by atoms with Crippen LogP contribution in [-0.2, 0) is 6.42 Å². The van der Waals surface area contributed by atoms with Crippen LogP contribution in [0.25, 0.3) is 10.8 Å². The highest BCUT2D eigenvalue weighted by Gasteiger charge is 2.08. The zero-order valence-corrected chi connectivity index (χ0v) is 10.4. The van der Waals surface area contributed by atoms with Crippen LogP contribution in [0.3, 0.4) is 0 Å². The summed E-state index contributed by atoms with van der Waals surface area (Å²) in [5, 5.41) is 12.5. The molecule has 2 nitrogen and oxygen atoms in total. The lowest BCUT2D eigenvalue weighted by Gasteiger charge is -2.16. The number of nitrogens with zero attached hydrogens (tertiary/aromatic N) is 1. The Bertz CT molecular complexity index is 488. The lowest BCUT2D eigenvalue weighted by molar-refractivity contribution is 0.137. The lowest BCUT2D eigenvalue weighted by Crippen LogP contribution is -2.27. The molecule has 2 aromatic carbocycles. The van der Waals surface area contributed by atoms with Crippen molar-refractivity contribution >= 4 is 10.8 Å². The number of aliphatic hydroxyl groups is 1. The van der Waals surface area contributed by atoms with Crippen molar-refractivity contribution in [1.82, 2.24) is 4.90 Å². The monoisotopic (exact) mass is 229 g/mol. The van der Waals surface area contributed by atoms with Gasteiger partial charge in [-0.25, -0.2) is 0 Å². The molecule has 1 N–H and O–H groups in total. The quantitative estimate of drug-likeness (QED) is 0.869. The maximum Gasteiger partial charge on any atom is 0.0707 e. The molecule has 0 heterocycles. The van der Waals surface area contributed by atoms with Crippen molar-refractivity contribution in [3.63, 3.8) is 0 Å². The van der Waals surface area contributed by atoms with Crippen molar-refractivity contribution < 1.29 is 5.11 Å². The number of hydrogen-bond acceptors (Lipinski definition) is 2. The molecule has 0 aliphatic heterocycles. The molecule has 0 saturated carbocycles. The summed E-state index contributed by atoms with van der Waals surface area (Å²) < 4.78 is 0. The van der Waals surface area contributed by atoms with Gasteiger partial charge in [-0.05, 0) is 30.4 Å². The van der Waals surface area contributed by atoms with Crippen LogP contribution in [0.1, 0.15) is 5.56 Å². The second-order valence-electron chi connectivity index (χ2n) is 4.76. The molecule has 0 radical (unpaired) electrons. The molecule has 0 aliphatic rings. The van der Waals surface area contributed by atoms with Crippen LogP contribution in [0.4, 0.5) is 0 Å². The van der Waals surface area contributed by atoms with Crippen LogP contribution in [-0.4, -0.2) is 36.8 Å². The second kappa shape index (κ2) is 5.30. The summed E-state index contributed by atoms with van der Waals surface area (Å²) in [5.74, 6) is 0. The molecule has 0 bridgehead atoms. The van der Waals surface area contributed by atoms with Crippen LogP contribution in [0.2, 0.25) is 0 Å². The van der Waals surface area contributed by atoms with Crippen molar-refractivity contribution in [2.45, 2.75) is 12.5 Å². The Morgan fingerprint density at radius 1 is 1.06 bits per heavy atom. The van der Waals surface area contributed by atoms with E-state index in [4.69, 9.17) is 0 Å². The summed E-state index contributed by atoms with van der Waals surface area (Å²) in [6.07, 6.45) is 0.398. The Morgan fingerprint density at radius 2 is 1.76 bits per heavy atom. The van der Waals surface area contributed by atoms with Crippen molar-refractivity contribution in [2.24, 2.45) is 0 Å². The third-order valence-electron chi connectivity index (χ3n) is 2.91. The highest BCUT2D eigenvalue weighted by Crippen LogP contribution is 2.19. The average molecular weight is 229 g/mol. The van der Waals surface area contributed by atoms with Crippen molar-refractivity contribution in [2.75, 3.05) is 20.6 Å². The maximum absolute atomic E-state index is 9.99. The van der Waals surface area contributed by atoms with Crippen LogP contribution in [0, 0.1) is 0 Å². The predicted molar refractivity (Wildman–Crippen MR) is 72.2 cm³/mol. The smallest absolute Gasteiger partial charge is 0.0707 e. The van der Waals surface area contributed by atoms with Gasteiger partial charge in [-0.1, -0.05) is 42.5 Å². The first-order valence-corrected chi connectivity index (χ1v) is 5.96. The highest BCUT2D eigenvalue weighted by molar-refractivity contribution is 5.85. The van der Waals surface area contributed by atoms with E-state index < -0.39 is 0 Å². The number of benzene rings is 2. The van der Waals surface area contributed by atoms with Gasteiger partial charge < -0.3 is 10.0 Å². The largest absolute Gasteiger partial charge is 0.391 e. The van der Waals surface area contributed by atoms with Gasteiger partial charge in [0, 0.05) is 13.0 Å². The van der Waals surface area contributed by atoms with Crippen molar-refractivity contribution in [1.29, 1.82) is 0 Å². The zero-order valence-electron chi connectivity index (χ0n) is 10.4. The number of hydrogen-bond donors (Lipinski definition) is 1. The maximum atomic E-state index is 9.99. The fourth-order valence-corrected chi connectivity index (χ4v) is 2.21. The molecule has 0 saturated heterocycles. The average Bonchev–Trinajstić information content (AvgIpc) is 2.28. The first kappa shape index (κ1) is 12.1. The molecule has 2 rings (SSSR count). The number of rotatable bonds is 4. The Balaban J connectivity index is 2.24. The van der Waals surface area contributed by atoms with Crippen molar-refractivity contribution in [3.05, 3.63) is 48.0 Å². The summed E-state index contributed by atoms with van der Waals surface area (Å²) in [6, 6.07) is 14.6. The fraction of sp³-hybridized carbons (Fsp3) is 0.333. The van der Waals surface area contributed by atoms with Crippen LogP contribution in [0.5, 0.6) is 0 Å². The number of fused-ring (bicyclic) bond motifs is 1. The van der Waals surface area contributed by atoms with E-state index in [2.05, 4.69) is 30.3 Å². The van der Waals surface area contributed by atoms with Crippen LogP contribution < -0.4 is 0 Å². The Kier molecular flexibility index (Phi) is 3.77. The Labute approximate surface area is 102 Å². The van der Waals surface area contributed by atoms with E-state index in [1.165, 1.54) is 16.3 Å². The molecule has 1 unspecified atom stereocenters. The molecular weight excluding hydrogens is 210 g/mol. The molecular formula is C15H19NO. The molecule has 90 valence electrons. The second-order valence-corrected chi connectivity index (χ2v) is 4.76. The van der Waals surface area contributed by atoms with E-state index in [1.54, 1.807) is 0 Å².